The van der Waals surface area contributed by atoms with Crippen molar-refractivity contribution in [2.24, 2.45) is 0 Å². The smallest absolute Gasteiger partial charge is 0.131 e. The topological polar surface area (TPSA) is 24.9 Å². The van der Waals surface area contributed by atoms with Gasteiger partial charge in [0.1, 0.15) is 16.8 Å². The molecule has 1 aromatic heterocycles. The summed E-state index contributed by atoms with van der Waals surface area (Å²) < 4.78 is 26.6. The Hall–Kier alpha value is -1.68. The number of rotatable bonds is 3. The highest BCUT2D eigenvalue weighted by Crippen LogP contribution is 2.23. The summed E-state index contributed by atoms with van der Waals surface area (Å²) in [6, 6.07) is 6.33. The molecule has 5 heteroatoms. The van der Waals surface area contributed by atoms with Gasteiger partial charge in [0.2, 0.25) is 0 Å². The summed E-state index contributed by atoms with van der Waals surface area (Å²) in [7, 11) is 0. The van der Waals surface area contributed by atoms with E-state index in [0.29, 0.717) is 10.8 Å². The molecular formula is C13H11ClF2N2. The second-order valence-electron chi connectivity index (χ2n) is 3.90. The zero-order chi connectivity index (χ0) is 13.1. The summed E-state index contributed by atoms with van der Waals surface area (Å²) in [6.45, 7) is 1.74. The van der Waals surface area contributed by atoms with Crippen LogP contribution in [0.15, 0.2) is 36.5 Å². The third kappa shape index (κ3) is 2.96. The van der Waals surface area contributed by atoms with E-state index in [1.165, 1.54) is 6.07 Å². The molecule has 0 saturated carbocycles. The van der Waals surface area contributed by atoms with E-state index in [2.05, 4.69) is 10.3 Å². The fourth-order valence-corrected chi connectivity index (χ4v) is 1.84. The first kappa shape index (κ1) is 12.8. The van der Waals surface area contributed by atoms with Gasteiger partial charge in [0.05, 0.1) is 6.04 Å². The maximum Gasteiger partial charge on any atom is 0.131 e. The first-order valence-corrected chi connectivity index (χ1v) is 5.77. The zero-order valence-corrected chi connectivity index (χ0v) is 10.4. The molecule has 0 saturated heterocycles. The van der Waals surface area contributed by atoms with Crippen LogP contribution >= 0.6 is 11.6 Å². The molecule has 0 amide bonds. The maximum atomic E-state index is 13.6. The lowest BCUT2D eigenvalue weighted by atomic mass is 10.1. The fraction of sp³-hybridized carbons (Fsp3) is 0.154. The molecule has 18 heavy (non-hydrogen) atoms. The van der Waals surface area contributed by atoms with E-state index in [4.69, 9.17) is 11.6 Å². The van der Waals surface area contributed by atoms with E-state index in [0.717, 1.165) is 12.1 Å². The minimum absolute atomic E-state index is 0.267. The molecule has 94 valence electrons. The summed E-state index contributed by atoms with van der Waals surface area (Å²) in [5.41, 5.74) is 0.967. The van der Waals surface area contributed by atoms with Crippen LogP contribution in [0.1, 0.15) is 18.5 Å². The summed E-state index contributed by atoms with van der Waals surface area (Å²) in [4.78, 5) is 3.84. The first-order chi connectivity index (χ1) is 8.56. The fourth-order valence-electron chi connectivity index (χ4n) is 1.67. The molecule has 1 unspecified atom stereocenters. The summed E-state index contributed by atoms with van der Waals surface area (Å²) >= 11 is 5.75. The van der Waals surface area contributed by atoms with Crippen LogP contribution in [0.3, 0.4) is 0 Å². The third-order valence-electron chi connectivity index (χ3n) is 2.53. The molecule has 1 heterocycles. The second-order valence-corrected chi connectivity index (χ2v) is 4.29. The lowest BCUT2D eigenvalue weighted by Crippen LogP contribution is -2.09. The quantitative estimate of drug-likeness (QED) is 0.845. The van der Waals surface area contributed by atoms with Gasteiger partial charge in [0.15, 0.2) is 0 Å². The SMILES string of the molecule is CC(Nc1ccnc(Cl)c1)c1cc(F)ccc1F. The lowest BCUT2D eigenvalue weighted by Gasteiger charge is -2.16. The van der Waals surface area contributed by atoms with Crippen LogP contribution in [0.5, 0.6) is 0 Å². The van der Waals surface area contributed by atoms with Gasteiger partial charge < -0.3 is 5.32 Å². The predicted octanol–water partition coefficient (Wildman–Crippen LogP) is 4.19. The highest BCUT2D eigenvalue weighted by molar-refractivity contribution is 6.29. The van der Waals surface area contributed by atoms with Crippen LogP contribution in [-0.2, 0) is 0 Å². The molecule has 1 aromatic carbocycles. The molecule has 2 aromatic rings. The lowest BCUT2D eigenvalue weighted by molar-refractivity contribution is 0.577. The van der Waals surface area contributed by atoms with E-state index < -0.39 is 11.6 Å². The Kier molecular flexibility index (Phi) is 3.77. The predicted molar refractivity (Wildman–Crippen MR) is 67.6 cm³/mol. The Balaban J connectivity index is 2.21. The Morgan fingerprint density at radius 3 is 2.72 bits per heavy atom. The van der Waals surface area contributed by atoms with Crippen molar-refractivity contribution >= 4 is 17.3 Å². The van der Waals surface area contributed by atoms with Crippen LogP contribution in [-0.4, -0.2) is 4.98 Å². The Labute approximate surface area is 109 Å². The Morgan fingerprint density at radius 1 is 1.22 bits per heavy atom. The van der Waals surface area contributed by atoms with E-state index >= 15 is 0 Å². The highest BCUT2D eigenvalue weighted by Gasteiger charge is 2.12. The number of hydrogen-bond donors (Lipinski definition) is 1. The van der Waals surface area contributed by atoms with E-state index in [9.17, 15) is 8.78 Å². The van der Waals surface area contributed by atoms with Gasteiger partial charge in [-0.1, -0.05) is 11.6 Å². The standard InChI is InChI=1S/C13H11ClF2N2/c1-8(11-6-9(15)2-3-12(11)16)18-10-4-5-17-13(14)7-10/h2-8H,1H3,(H,17,18). The second kappa shape index (κ2) is 5.31. The van der Waals surface area contributed by atoms with Crippen LogP contribution in [0, 0.1) is 11.6 Å². The summed E-state index contributed by atoms with van der Waals surface area (Å²) in [6.07, 6.45) is 1.54. The number of halogens is 3. The molecule has 0 aliphatic heterocycles. The van der Waals surface area contributed by atoms with Gasteiger partial charge in [-0.05, 0) is 37.3 Å². The molecule has 0 radical (unpaired) electrons. The van der Waals surface area contributed by atoms with Gasteiger partial charge in [-0.3, -0.25) is 0 Å². The van der Waals surface area contributed by atoms with Crippen molar-refractivity contribution < 1.29 is 8.78 Å². The summed E-state index contributed by atoms with van der Waals surface area (Å²) in [5.74, 6) is -0.913. The number of hydrogen-bond acceptors (Lipinski definition) is 2. The van der Waals surface area contributed by atoms with Gasteiger partial charge in [-0.2, -0.15) is 0 Å². The van der Waals surface area contributed by atoms with Crippen molar-refractivity contribution in [2.75, 3.05) is 5.32 Å². The van der Waals surface area contributed by atoms with Gasteiger partial charge in [-0.25, -0.2) is 13.8 Å². The van der Waals surface area contributed by atoms with Crippen molar-refractivity contribution in [1.29, 1.82) is 0 Å². The van der Waals surface area contributed by atoms with Crippen LogP contribution in [0.2, 0.25) is 5.15 Å². The average molecular weight is 269 g/mol. The Bertz CT molecular complexity index is 560. The van der Waals surface area contributed by atoms with E-state index in [-0.39, 0.29) is 11.6 Å². The largest absolute Gasteiger partial charge is 0.378 e. The highest BCUT2D eigenvalue weighted by atomic mass is 35.5. The van der Waals surface area contributed by atoms with Gasteiger partial charge in [-0.15, -0.1) is 0 Å². The number of benzene rings is 1. The third-order valence-corrected chi connectivity index (χ3v) is 2.74. The molecule has 0 bridgehead atoms. The van der Waals surface area contributed by atoms with Crippen molar-refractivity contribution in [3.63, 3.8) is 0 Å². The molecule has 1 atom stereocenters. The zero-order valence-electron chi connectivity index (χ0n) is 9.62. The van der Waals surface area contributed by atoms with Crippen LogP contribution in [0.4, 0.5) is 14.5 Å². The van der Waals surface area contributed by atoms with Crippen molar-refractivity contribution in [2.45, 2.75) is 13.0 Å². The molecule has 0 fully saturated rings. The minimum atomic E-state index is -0.465. The normalized spacial score (nSPS) is 12.2. The van der Waals surface area contributed by atoms with Crippen LogP contribution < -0.4 is 5.32 Å². The first-order valence-electron chi connectivity index (χ1n) is 5.39. The van der Waals surface area contributed by atoms with Gasteiger partial charge in [0, 0.05) is 17.4 Å². The van der Waals surface area contributed by atoms with Crippen molar-refractivity contribution in [1.82, 2.24) is 4.98 Å². The molecule has 2 rings (SSSR count). The molecule has 2 nitrogen and oxygen atoms in total. The average Bonchev–Trinajstić information content (AvgIpc) is 2.32. The molecule has 1 N–H and O–H groups in total. The van der Waals surface area contributed by atoms with Gasteiger partial charge in [0.25, 0.3) is 0 Å². The molecule has 0 aliphatic carbocycles. The number of nitrogens with one attached hydrogen (secondary N) is 1. The number of aromatic nitrogens is 1. The number of pyridine rings is 1. The number of nitrogens with zero attached hydrogens (tertiary/aromatic N) is 1. The van der Waals surface area contributed by atoms with Crippen molar-refractivity contribution in [3.05, 3.63) is 58.9 Å². The van der Waals surface area contributed by atoms with E-state index in [1.54, 1.807) is 25.3 Å². The monoisotopic (exact) mass is 268 g/mol. The van der Waals surface area contributed by atoms with Gasteiger partial charge >= 0.3 is 0 Å². The minimum Gasteiger partial charge on any atom is -0.378 e. The van der Waals surface area contributed by atoms with E-state index in [1.807, 2.05) is 0 Å². The number of anilines is 1. The molecular weight excluding hydrogens is 258 g/mol. The molecule has 0 aliphatic rings. The maximum absolute atomic E-state index is 13.6. The van der Waals surface area contributed by atoms with Crippen molar-refractivity contribution in [3.8, 4) is 0 Å². The van der Waals surface area contributed by atoms with Crippen LogP contribution in [0.25, 0.3) is 0 Å². The molecule has 0 spiro atoms. The summed E-state index contributed by atoms with van der Waals surface area (Å²) in [5, 5.41) is 3.38. The Morgan fingerprint density at radius 2 is 2.00 bits per heavy atom.